The van der Waals surface area contributed by atoms with E-state index in [0.717, 1.165) is 19.4 Å². The van der Waals surface area contributed by atoms with Crippen LogP contribution in [0.15, 0.2) is 33.6 Å². The maximum Gasteiger partial charge on any atom is 0.285 e. The van der Waals surface area contributed by atoms with E-state index in [4.69, 9.17) is 0 Å². The van der Waals surface area contributed by atoms with Gasteiger partial charge in [-0.3, -0.25) is 4.79 Å². The van der Waals surface area contributed by atoms with Gasteiger partial charge in [-0.15, -0.1) is 4.40 Å². The number of amidine groups is 1. The van der Waals surface area contributed by atoms with Crippen LogP contribution in [0.3, 0.4) is 0 Å². The topological polar surface area (TPSA) is 70.1 Å². The van der Waals surface area contributed by atoms with Gasteiger partial charge in [0, 0.05) is 25.2 Å². The second-order valence-electron chi connectivity index (χ2n) is 7.94. The van der Waals surface area contributed by atoms with Gasteiger partial charge in [-0.05, 0) is 43.7 Å². The molecule has 3 aliphatic rings. The summed E-state index contributed by atoms with van der Waals surface area (Å²) in [5.74, 6) is 1.07. The first-order valence-electron chi connectivity index (χ1n) is 9.92. The molecule has 0 bridgehead atoms. The number of likely N-dealkylation sites (tertiary alicyclic amines) is 1. The molecule has 4 rings (SSSR count). The Morgan fingerprint density at radius 2 is 1.89 bits per heavy atom. The van der Waals surface area contributed by atoms with Crippen molar-refractivity contribution in [1.29, 1.82) is 0 Å². The summed E-state index contributed by atoms with van der Waals surface area (Å²) in [6.45, 7) is 0.973. The molecule has 0 spiro atoms. The van der Waals surface area contributed by atoms with Crippen molar-refractivity contribution in [3.05, 3.63) is 29.8 Å². The van der Waals surface area contributed by atoms with Gasteiger partial charge in [-0.25, -0.2) is 0 Å². The van der Waals surface area contributed by atoms with E-state index >= 15 is 0 Å². The van der Waals surface area contributed by atoms with Gasteiger partial charge in [0.05, 0.1) is 6.54 Å². The molecule has 1 aromatic rings. The predicted octanol–water partition coefficient (Wildman–Crippen LogP) is 2.64. The summed E-state index contributed by atoms with van der Waals surface area (Å²) >= 11 is 0. The van der Waals surface area contributed by atoms with Crippen molar-refractivity contribution in [3.8, 4) is 0 Å². The summed E-state index contributed by atoms with van der Waals surface area (Å²) < 4.78 is 28.4. The molecule has 0 N–H and O–H groups in total. The zero-order valence-electron chi connectivity index (χ0n) is 15.8. The van der Waals surface area contributed by atoms with E-state index in [0.29, 0.717) is 23.4 Å². The predicted molar refractivity (Wildman–Crippen MR) is 104 cm³/mol. The second kappa shape index (κ2) is 7.26. The number of hydrogen-bond acceptors (Lipinski definition) is 4. The molecule has 146 valence electrons. The molecule has 1 aliphatic carbocycles. The highest BCUT2D eigenvalue weighted by molar-refractivity contribution is 7.90. The summed E-state index contributed by atoms with van der Waals surface area (Å²) in [7, 11) is -1.91. The number of fused-ring (bicyclic) bond motifs is 1. The van der Waals surface area contributed by atoms with Gasteiger partial charge in [0.15, 0.2) is 5.84 Å². The lowest BCUT2D eigenvalue weighted by molar-refractivity contribution is -0.133. The molecular weight excluding hydrogens is 362 g/mol. The van der Waals surface area contributed by atoms with E-state index < -0.39 is 10.0 Å². The lowest BCUT2D eigenvalue weighted by Crippen LogP contribution is -2.46. The van der Waals surface area contributed by atoms with Crippen LogP contribution < -0.4 is 0 Å². The van der Waals surface area contributed by atoms with E-state index in [2.05, 4.69) is 4.40 Å². The summed E-state index contributed by atoms with van der Waals surface area (Å²) in [6.07, 6.45) is 8.47. The van der Waals surface area contributed by atoms with Crippen LogP contribution in [0.4, 0.5) is 0 Å². The molecule has 0 unspecified atom stereocenters. The number of hydrogen-bond donors (Lipinski definition) is 0. The molecule has 2 heterocycles. The number of amides is 1. The van der Waals surface area contributed by atoms with Crippen molar-refractivity contribution >= 4 is 21.8 Å². The number of nitrogens with zero attached hydrogens (tertiary/aromatic N) is 3. The smallest absolute Gasteiger partial charge is 0.285 e. The average Bonchev–Trinajstić information content (AvgIpc) is 3.26. The normalized spacial score (nSPS) is 24.6. The number of carbonyl (C=O) groups excluding carboxylic acids is 1. The second-order valence-corrected chi connectivity index (χ2v) is 9.51. The highest BCUT2D eigenvalue weighted by atomic mass is 32.2. The van der Waals surface area contributed by atoms with Gasteiger partial charge in [-0.2, -0.15) is 8.42 Å². The summed E-state index contributed by atoms with van der Waals surface area (Å²) in [5.41, 5.74) is 0.582. The van der Waals surface area contributed by atoms with Crippen LogP contribution >= 0.6 is 0 Å². The number of sulfonamides is 1. The summed E-state index contributed by atoms with van der Waals surface area (Å²) in [6, 6.07) is 7.16. The molecule has 7 heteroatoms. The van der Waals surface area contributed by atoms with E-state index in [1.54, 1.807) is 36.2 Å². The monoisotopic (exact) mass is 389 g/mol. The van der Waals surface area contributed by atoms with Crippen molar-refractivity contribution in [1.82, 2.24) is 9.80 Å². The van der Waals surface area contributed by atoms with Crippen LogP contribution in [-0.4, -0.2) is 56.1 Å². The molecule has 2 fully saturated rings. The standard InChI is InChI=1S/C20H27N3O3S/c1-22(20-16-10-5-6-12-18(16)27(25,26)21-20)14-19(24)23-13-7-11-17(23)15-8-3-2-4-9-15/h5-6,10,12,15,17H,2-4,7-9,11,13-14H2,1H3/t17-/m0/s1. The Labute approximate surface area is 161 Å². The molecule has 6 nitrogen and oxygen atoms in total. The van der Waals surface area contributed by atoms with Crippen LogP contribution in [0.2, 0.25) is 0 Å². The molecular formula is C20H27N3O3S. The fourth-order valence-corrected chi connectivity index (χ4v) is 6.10. The van der Waals surface area contributed by atoms with Crippen molar-refractivity contribution in [2.75, 3.05) is 20.1 Å². The molecule has 1 atom stereocenters. The van der Waals surface area contributed by atoms with E-state index in [9.17, 15) is 13.2 Å². The zero-order valence-corrected chi connectivity index (χ0v) is 16.6. The third-order valence-corrected chi connectivity index (χ3v) is 7.49. The maximum absolute atomic E-state index is 13.0. The van der Waals surface area contributed by atoms with Crippen molar-refractivity contribution in [3.63, 3.8) is 0 Å². The Morgan fingerprint density at radius 3 is 2.67 bits per heavy atom. The number of rotatable bonds is 3. The third-order valence-electron chi connectivity index (χ3n) is 6.16. The molecule has 27 heavy (non-hydrogen) atoms. The van der Waals surface area contributed by atoms with Crippen molar-refractivity contribution < 1.29 is 13.2 Å². The number of likely N-dealkylation sites (N-methyl/N-ethyl adjacent to an activating group) is 1. The first-order valence-corrected chi connectivity index (χ1v) is 11.4. The van der Waals surface area contributed by atoms with Crippen LogP contribution in [0.1, 0.15) is 50.5 Å². The molecule has 0 aromatic heterocycles. The van der Waals surface area contributed by atoms with Gasteiger partial charge >= 0.3 is 0 Å². The highest BCUT2D eigenvalue weighted by Crippen LogP contribution is 2.34. The van der Waals surface area contributed by atoms with E-state index in [1.165, 1.54) is 32.1 Å². The Balaban J connectivity index is 1.48. The first kappa shape index (κ1) is 18.5. The van der Waals surface area contributed by atoms with Gasteiger partial charge in [0.25, 0.3) is 10.0 Å². The van der Waals surface area contributed by atoms with Crippen LogP contribution in [-0.2, 0) is 14.8 Å². The highest BCUT2D eigenvalue weighted by Gasteiger charge is 2.36. The molecule has 1 aromatic carbocycles. The molecule has 1 saturated carbocycles. The lowest BCUT2D eigenvalue weighted by atomic mass is 9.83. The van der Waals surface area contributed by atoms with Crippen molar-refractivity contribution in [2.24, 2.45) is 10.3 Å². The van der Waals surface area contributed by atoms with Gasteiger partial charge in [0.1, 0.15) is 4.90 Å². The Kier molecular flexibility index (Phi) is 4.97. The minimum absolute atomic E-state index is 0.0788. The van der Waals surface area contributed by atoms with Crippen LogP contribution in [0.25, 0.3) is 0 Å². The SMILES string of the molecule is CN(CC(=O)N1CCC[C@H]1C1CCCCC1)C1=NS(=O)(=O)c2ccccc21. The minimum Gasteiger partial charge on any atom is -0.349 e. The number of carbonyl (C=O) groups is 1. The lowest BCUT2D eigenvalue weighted by Gasteiger charge is -2.35. The van der Waals surface area contributed by atoms with Gasteiger partial charge in [-0.1, -0.05) is 31.4 Å². The minimum atomic E-state index is -3.66. The van der Waals surface area contributed by atoms with Gasteiger partial charge in [0.2, 0.25) is 5.91 Å². The Hall–Kier alpha value is -1.89. The molecule has 1 saturated heterocycles. The fraction of sp³-hybridized carbons (Fsp3) is 0.600. The maximum atomic E-state index is 13.0. The average molecular weight is 390 g/mol. The summed E-state index contributed by atoms with van der Waals surface area (Å²) in [4.78, 5) is 17.0. The fourth-order valence-electron chi connectivity index (χ4n) is 4.84. The zero-order chi connectivity index (χ0) is 19.0. The van der Waals surface area contributed by atoms with Crippen LogP contribution in [0, 0.1) is 5.92 Å². The van der Waals surface area contributed by atoms with Crippen molar-refractivity contribution in [2.45, 2.75) is 55.9 Å². The van der Waals surface area contributed by atoms with Crippen LogP contribution in [0.5, 0.6) is 0 Å². The third kappa shape index (κ3) is 3.49. The Morgan fingerprint density at radius 1 is 1.15 bits per heavy atom. The quantitative estimate of drug-likeness (QED) is 0.797. The summed E-state index contributed by atoms with van der Waals surface area (Å²) in [5, 5.41) is 0. The molecule has 0 radical (unpaired) electrons. The molecule has 1 amide bonds. The van der Waals surface area contributed by atoms with Gasteiger partial charge < -0.3 is 9.80 Å². The first-order chi connectivity index (χ1) is 13.0. The van der Waals surface area contributed by atoms with E-state index in [1.807, 2.05) is 4.90 Å². The number of benzene rings is 1. The molecule has 2 aliphatic heterocycles. The van der Waals surface area contributed by atoms with E-state index in [-0.39, 0.29) is 17.3 Å². The Bertz CT molecular complexity index is 859. The largest absolute Gasteiger partial charge is 0.349 e.